The van der Waals surface area contributed by atoms with Gasteiger partial charge >= 0.3 is 0 Å². The standard InChI is InChI=1S/C24H49NO/c1-18(20(2,3)4)23(10,11)24(12,13)26-15-14-22(8,9)25-16-19(17-25)21(5,6)7/h18-19H,14-17H2,1-13H3. The third-order valence-electron chi connectivity index (χ3n) is 8.07. The largest absolute Gasteiger partial charge is 0.375 e. The second-order valence-corrected chi connectivity index (χ2v) is 12.7. The molecule has 26 heavy (non-hydrogen) atoms. The maximum absolute atomic E-state index is 6.53. The molecule has 0 aromatic rings. The summed E-state index contributed by atoms with van der Waals surface area (Å²) in [4.78, 5) is 2.64. The van der Waals surface area contributed by atoms with Crippen LogP contribution in [-0.4, -0.2) is 35.7 Å². The van der Waals surface area contributed by atoms with E-state index in [1.807, 2.05) is 0 Å². The maximum Gasteiger partial charge on any atom is 0.0679 e. The van der Waals surface area contributed by atoms with Crippen molar-refractivity contribution in [1.29, 1.82) is 0 Å². The van der Waals surface area contributed by atoms with Gasteiger partial charge in [0.25, 0.3) is 0 Å². The summed E-state index contributed by atoms with van der Waals surface area (Å²) in [5.41, 5.74) is 0.904. The summed E-state index contributed by atoms with van der Waals surface area (Å²) >= 11 is 0. The molecular weight excluding hydrogens is 318 g/mol. The first-order valence-electron chi connectivity index (χ1n) is 10.7. The Morgan fingerprint density at radius 3 is 1.69 bits per heavy atom. The predicted molar refractivity (Wildman–Crippen MR) is 116 cm³/mol. The van der Waals surface area contributed by atoms with Gasteiger partial charge in [-0.2, -0.15) is 0 Å². The van der Waals surface area contributed by atoms with Crippen LogP contribution in [0.1, 0.15) is 96.4 Å². The Bertz CT molecular complexity index is 456. The fourth-order valence-electron chi connectivity index (χ4n) is 4.02. The molecular formula is C24H49NO. The van der Waals surface area contributed by atoms with Crippen molar-refractivity contribution in [3.8, 4) is 0 Å². The van der Waals surface area contributed by atoms with Crippen LogP contribution in [-0.2, 0) is 4.74 Å². The molecule has 156 valence electrons. The Morgan fingerprint density at radius 1 is 0.846 bits per heavy atom. The Labute approximate surface area is 165 Å². The summed E-state index contributed by atoms with van der Waals surface area (Å²) in [6, 6.07) is 0. The first-order valence-corrected chi connectivity index (χ1v) is 10.7. The van der Waals surface area contributed by atoms with Gasteiger partial charge in [-0.05, 0) is 62.2 Å². The number of ether oxygens (including phenoxy) is 1. The molecule has 0 amide bonds. The second-order valence-electron chi connectivity index (χ2n) is 12.7. The van der Waals surface area contributed by atoms with E-state index in [4.69, 9.17) is 4.74 Å². The van der Waals surface area contributed by atoms with Gasteiger partial charge in [-0.3, -0.25) is 4.90 Å². The fraction of sp³-hybridized carbons (Fsp3) is 1.00. The zero-order valence-corrected chi connectivity index (χ0v) is 20.3. The summed E-state index contributed by atoms with van der Waals surface area (Å²) < 4.78 is 6.53. The normalized spacial score (nSPS) is 20.2. The van der Waals surface area contributed by atoms with Gasteiger partial charge in [-0.15, -0.1) is 0 Å². The zero-order chi connectivity index (χ0) is 20.8. The van der Waals surface area contributed by atoms with E-state index >= 15 is 0 Å². The number of hydrogen-bond donors (Lipinski definition) is 0. The number of rotatable bonds is 7. The molecule has 1 aliphatic rings. The molecule has 2 nitrogen and oxygen atoms in total. The molecule has 0 N–H and O–H groups in total. The molecule has 0 saturated carbocycles. The minimum atomic E-state index is -0.140. The van der Waals surface area contributed by atoms with E-state index in [1.54, 1.807) is 0 Å². The number of likely N-dealkylation sites (tertiary alicyclic amines) is 1. The van der Waals surface area contributed by atoms with Gasteiger partial charge in [0.1, 0.15) is 0 Å². The highest BCUT2D eigenvalue weighted by atomic mass is 16.5. The SMILES string of the molecule is CC(C(C)(C)C)C(C)(C)C(C)(C)OCCC(C)(C)N1CC(C(C)(C)C)C1. The molecule has 1 fully saturated rings. The van der Waals surface area contributed by atoms with Crippen LogP contribution in [0.3, 0.4) is 0 Å². The van der Waals surface area contributed by atoms with E-state index in [0.29, 0.717) is 11.3 Å². The van der Waals surface area contributed by atoms with Gasteiger partial charge < -0.3 is 4.74 Å². The van der Waals surface area contributed by atoms with E-state index in [1.165, 1.54) is 13.1 Å². The molecule has 0 aromatic heterocycles. The lowest BCUT2D eigenvalue weighted by molar-refractivity contribution is -0.144. The highest BCUT2D eigenvalue weighted by Crippen LogP contribution is 2.48. The van der Waals surface area contributed by atoms with E-state index in [9.17, 15) is 0 Å². The van der Waals surface area contributed by atoms with E-state index in [0.717, 1.165) is 18.9 Å². The minimum Gasteiger partial charge on any atom is -0.375 e. The van der Waals surface area contributed by atoms with Crippen molar-refractivity contribution in [2.24, 2.45) is 28.1 Å². The highest BCUT2D eigenvalue weighted by Gasteiger charge is 2.47. The lowest BCUT2D eigenvalue weighted by Gasteiger charge is -2.54. The lowest BCUT2D eigenvalue weighted by Crippen LogP contribution is -2.60. The van der Waals surface area contributed by atoms with Crippen molar-refractivity contribution in [1.82, 2.24) is 4.90 Å². The molecule has 0 aliphatic carbocycles. The molecule has 0 aromatic carbocycles. The average molecular weight is 368 g/mol. The molecule has 0 radical (unpaired) electrons. The van der Waals surface area contributed by atoms with Crippen molar-refractivity contribution in [3.05, 3.63) is 0 Å². The molecule has 1 rings (SSSR count). The summed E-state index contributed by atoms with van der Waals surface area (Å²) in [7, 11) is 0. The van der Waals surface area contributed by atoms with Crippen LogP contribution < -0.4 is 0 Å². The molecule has 1 atom stereocenters. The van der Waals surface area contributed by atoms with Crippen molar-refractivity contribution in [3.63, 3.8) is 0 Å². The second kappa shape index (κ2) is 7.39. The van der Waals surface area contributed by atoms with E-state index in [2.05, 4.69) is 94.9 Å². The summed E-state index contributed by atoms with van der Waals surface area (Å²) in [6.45, 7) is 33.9. The van der Waals surface area contributed by atoms with Crippen LogP contribution in [0, 0.1) is 28.1 Å². The third-order valence-corrected chi connectivity index (χ3v) is 8.07. The molecule has 0 bridgehead atoms. The molecule has 1 unspecified atom stereocenters. The first-order chi connectivity index (χ1) is 11.3. The smallest absolute Gasteiger partial charge is 0.0679 e. The maximum atomic E-state index is 6.53. The van der Waals surface area contributed by atoms with Gasteiger partial charge in [-0.25, -0.2) is 0 Å². The van der Waals surface area contributed by atoms with Crippen LogP contribution in [0.2, 0.25) is 0 Å². The monoisotopic (exact) mass is 367 g/mol. The Kier molecular flexibility index (Phi) is 6.81. The molecule has 1 heterocycles. The van der Waals surface area contributed by atoms with Gasteiger partial charge in [0, 0.05) is 25.2 Å². The lowest BCUT2D eigenvalue weighted by atomic mass is 9.60. The quantitative estimate of drug-likeness (QED) is 0.500. The van der Waals surface area contributed by atoms with Crippen LogP contribution in [0.15, 0.2) is 0 Å². The average Bonchev–Trinajstić information content (AvgIpc) is 2.31. The van der Waals surface area contributed by atoms with Crippen LogP contribution in [0.25, 0.3) is 0 Å². The van der Waals surface area contributed by atoms with Crippen molar-refractivity contribution < 1.29 is 4.74 Å². The Morgan fingerprint density at radius 2 is 1.31 bits per heavy atom. The van der Waals surface area contributed by atoms with Crippen LogP contribution in [0.5, 0.6) is 0 Å². The molecule has 1 aliphatic heterocycles. The highest BCUT2D eigenvalue weighted by molar-refractivity contribution is 4.97. The third kappa shape index (κ3) is 5.25. The Hall–Kier alpha value is -0.0800. The Balaban J connectivity index is 2.60. The zero-order valence-electron chi connectivity index (χ0n) is 20.3. The number of nitrogens with zero attached hydrogens (tertiary/aromatic N) is 1. The summed E-state index contributed by atoms with van der Waals surface area (Å²) in [6.07, 6.45) is 1.09. The van der Waals surface area contributed by atoms with Crippen LogP contribution in [0.4, 0.5) is 0 Å². The molecule has 2 heteroatoms. The first kappa shape index (κ1) is 24.0. The van der Waals surface area contributed by atoms with E-state index in [-0.39, 0.29) is 22.0 Å². The minimum absolute atomic E-state index is 0.115. The van der Waals surface area contributed by atoms with Crippen molar-refractivity contribution >= 4 is 0 Å². The predicted octanol–water partition coefficient (Wildman–Crippen LogP) is 6.64. The molecule has 1 saturated heterocycles. The van der Waals surface area contributed by atoms with E-state index < -0.39 is 0 Å². The van der Waals surface area contributed by atoms with Gasteiger partial charge in [-0.1, -0.05) is 62.3 Å². The number of hydrogen-bond acceptors (Lipinski definition) is 2. The van der Waals surface area contributed by atoms with Crippen molar-refractivity contribution in [2.45, 2.75) is 108 Å². The van der Waals surface area contributed by atoms with Crippen LogP contribution >= 0.6 is 0 Å². The fourth-order valence-corrected chi connectivity index (χ4v) is 4.02. The van der Waals surface area contributed by atoms with Gasteiger partial charge in [0.2, 0.25) is 0 Å². The van der Waals surface area contributed by atoms with Gasteiger partial charge in [0.15, 0.2) is 0 Å². The van der Waals surface area contributed by atoms with Gasteiger partial charge in [0.05, 0.1) is 5.60 Å². The van der Waals surface area contributed by atoms with Crippen molar-refractivity contribution in [2.75, 3.05) is 19.7 Å². The molecule has 0 spiro atoms. The topological polar surface area (TPSA) is 12.5 Å². The summed E-state index contributed by atoms with van der Waals surface area (Å²) in [5.74, 6) is 1.40. The summed E-state index contributed by atoms with van der Waals surface area (Å²) in [5, 5.41) is 0.